The lowest BCUT2D eigenvalue weighted by atomic mass is 9.99. The first-order chi connectivity index (χ1) is 13.7. The van der Waals surface area contributed by atoms with Gasteiger partial charge in [-0.1, -0.05) is 52.0 Å². The lowest BCUT2D eigenvalue weighted by Gasteiger charge is -2.15. The fraction of sp³-hybridized carbons (Fsp3) is 0.391. The Bertz CT molecular complexity index is 848. The molecule has 0 saturated carbocycles. The number of nitrogens with two attached hydrogens (primary N) is 1. The van der Waals surface area contributed by atoms with Gasteiger partial charge in [0.05, 0.1) is 5.69 Å². The molecule has 0 saturated heterocycles. The Morgan fingerprint density at radius 3 is 2.17 bits per heavy atom. The quantitative estimate of drug-likeness (QED) is 0.616. The molecule has 2 rings (SSSR count). The third kappa shape index (κ3) is 6.68. The van der Waals surface area contributed by atoms with Gasteiger partial charge in [-0.2, -0.15) is 0 Å². The molecule has 1 unspecified atom stereocenters. The molecule has 2 amide bonds. The van der Waals surface area contributed by atoms with Gasteiger partial charge < -0.3 is 16.4 Å². The highest BCUT2D eigenvalue weighted by atomic mass is 19.1. The summed E-state index contributed by atoms with van der Waals surface area (Å²) in [5, 5.41) is 5.26. The van der Waals surface area contributed by atoms with E-state index in [9.17, 15) is 14.0 Å². The van der Waals surface area contributed by atoms with E-state index in [1.807, 2.05) is 38.1 Å². The average Bonchev–Trinajstić information content (AvgIpc) is 2.66. The molecule has 2 aromatic rings. The first-order valence-electron chi connectivity index (χ1n) is 9.90. The molecule has 0 radical (unpaired) electrons. The zero-order chi connectivity index (χ0) is 21.6. The lowest BCUT2D eigenvalue weighted by Crippen LogP contribution is -2.32. The summed E-state index contributed by atoms with van der Waals surface area (Å²) in [6.07, 6.45) is 0.303. The summed E-state index contributed by atoms with van der Waals surface area (Å²) in [6.45, 7) is 8.29. The van der Waals surface area contributed by atoms with Gasteiger partial charge in [-0.25, -0.2) is 4.39 Å². The standard InChI is InChI=1S/C23H30FN3O2/c1-14(2)11-22(28)27-21-10-9-18(12-19(21)24)23(29)26-13-20(25)17-7-5-16(6-8-17)15(3)4/h5-10,12,14-15,20H,11,13,25H2,1-4H3,(H,26,29)(H,27,28). The number of hydrogen-bond acceptors (Lipinski definition) is 3. The molecular formula is C23H30FN3O2. The number of amides is 2. The summed E-state index contributed by atoms with van der Waals surface area (Å²) in [5.41, 5.74) is 8.54. The largest absolute Gasteiger partial charge is 0.350 e. The van der Waals surface area contributed by atoms with Crippen molar-refractivity contribution in [3.8, 4) is 0 Å². The summed E-state index contributed by atoms with van der Waals surface area (Å²) in [4.78, 5) is 24.1. The van der Waals surface area contributed by atoms with Crippen LogP contribution in [-0.2, 0) is 4.79 Å². The first-order valence-corrected chi connectivity index (χ1v) is 9.90. The SMILES string of the molecule is CC(C)CC(=O)Nc1ccc(C(=O)NCC(N)c2ccc(C(C)C)cc2)cc1F. The second kappa shape index (κ2) is 10.2. The molecule has 2 aromatic carbocycles. The van der Waals surface area contributed by atoms with Gasteiger partial charge in [-0.15, -0.1) is 0 Å². The van der Waals surface area contributed by atoms with Crippen LogP contribution in [0, 0.1) is 11.7 Å². The second-order valence-corrected chi connectivity index (χ2v) is 7.98. The summed E-state index contributed by atoms with van der Waals surface area (Å²) in [7, 11) is 0. The third-order valence-electron chi connectivity index (χ3n) is 4.61. The van der Waals surface area contributed by atoms with Crippen LogP contribution in [0.4, 0.5) is 10.1 Å². The Hall–Kier alpha value is -2.73. The highest BCUT2D eigenvalue weighted by Gasteiger charge is 2.14. The van der Waals surface area contributed by atoms with Crippen LogP contribution in [0.5, 0.6) is 0 Å². The van der Waals surface area contributed by atoms with Crippen LogP contribution in [0.1, 0.15) is 67.6 Å². The van der Waals surface area contributed by atoms with Crippen molar-refractivity contribution in [3.63, 3.8) is 0 Å². The highest BCUT2D eigenvalue weighted by Crippen LogP contribution is 2.19. The van der Waals surface area contributed by atoms with Gasteiger partial charge in [0.15, 0.2) is 0 Å². The Kier molecular flexibility index (Phi) is 7.91. The van der Waals surface area contributed by atoms with Crippen molar-refractivity contribution in [1.82, 2.24) is 5.32 Å². The molecule has 0 aliphatic rings. The smallest absolute Gasteiger partial charge is 0.251 e. The molecule has 4 N–H and O–H groups in total. The zero-order valence-corrected chi connectivity index (χ0v) is 17.5. The molecule has 5 nitrogen and oxygen atoms in total. The van der Waals surface area contributed by atoms with Gasteiger partial charge in [0, 0.05) is 24.6 Å². The van der Waals surface area contributed by atoms with Crippen LogP contribution in [-0.4, -0.2) is 18.4 Å². The molecule has 0 spiro atoms. The molecule has 0 heterocycles. The number of hydrogen-bond donors (Lipinski definition) is 3. The number of nitrogens with one attached hydrogen (secondary N) is 2. The normalized spacial score (nSPS) is 12.1. The van der Waals surface area contributed by atoms with E-state index in [4.69, 9.17) is 5.73 Å². The summed E-state index contributed by atoms with van der Waals surface area (Å²) in [5.74, 6) is -0.714. The number of halogens is 1. The van der Waals surface area contributed by atoms with E-state index in [2.05, 4.69) is 24.5 Å². The van der Waals surface area contributed by atoms with Crippen LogP contribution in [0.25, 0.3) is 0 Å². The van der Waals surface area contributed by atoms with Crippen molar-refractivity contribution in [3.05, 3.63) is 65.0 Å². The number of benzene rings is 2. The van der Waals surface area contributed by atoms with Gasteiger partial charge in [0.1, 0.15) is 5.82 Å². The van der Waals surface area contributed by atoms with E-state index in [1.54, 1.807) is 0 Å². The maximum atomic E-state index is 14.3. The van der Waals surface area contributed by atoms with Crippen molar-refractivity contribution in [2.24, 2.45) is 11.7 Å². The monoisotopic (exact) mass is 399 g/mol. The molecule has 156 valence electrons. The third-order valence-corrected chi connectivity index (χ3v) is 4.61. The minimum atomic E-state index is -0.650. The number of anilines is 1. The Morgan fingerprint density at radius 1 is 1.00 bits per heavy atom. The van der Waals surface area contributed by atoms with Gasteiger partial charge in [-0.05, 0) is 41.2 Å². The fourth-order valence-corrected chi connectivity index (χ4v) is 2.88. The minimum absolute atomic E-state index is 0.0640. The van der Waals surface area contributed by atoms with E-state index in [-0.39, 0.29) is 35.7 Å². The van der Waals surface area contributed by atoms with Gasteiger partial charge in [0.2, 0.25) is 5.91 Å². The van der Waals surface area contributed by atoms with Crippen molar-refractivity contribution < 1.29 is 14.0 Å². The predicted octanol–water partition coefficient (Wildman–Crippen LogP) is 4.36. The molecule has 0 aliphatic carbocycles. The summed E-state index contributed by atoms with van der Waals surface area (Å²) < 4.78 is 14.3. The fourth-order valence-electron chi connectivity index (χ4n) is 2.88. The Labute approximate surface area is 171 Å². The molecule has 0 aromatic heterocycles. The van der Waals surface area contributed by atoms with Crippen LogP contribution in [0.3, 0.4) is 0 Å². The van der Waals surface area contributed by atoms with Gasteiger partial charge in [-0.3, -0.25) is 9.59 Å². The zero-order valence-electron chi connectivity index (χ0n) is 17.5. The predicted molar refractivity (Wildman–Crippen MR) is 114 cm³/mol. The van der Waals surface area contributed by atoms with Crippen molar-refractivity contribution >= 4 is 17.5 Å². The lowest BCUT2D eigenvalue weighted by molar-refractivity contribution is -0.116. The Morgan fingerprint density at radius 2 is 1.62 bits per heavy atom. The van der Waals surface area contributed by atoms with E-state index >= 15 is 0 Å². The van der Waals surface area contributed by atoms with E-state index in [0.717, 1.165) is 11.6 Å². The van der Waals surface area contributed by atoms with E-state index in [0.29, 0.717) is 12.3 Å². The summed E-state index contributed by atoms with van der Waals surface area (Å²) in [6, 6.07) is 11.6. The maximum Gasteiger partial charge on any atom is 0.251 e. The molecule has 29 heavy (non-hydrogen) atoms. The number of carbonyl (C=O) groups is 2. The molecular weight excluding hydrogens is 369 g/mol. The highest BCUT2D eigenvalue weighted by molar-refractivity contribution is 5.96. The second-order valence-electron chi connectivity index (χ2n) is 7.98. The first kappa shape index (κ1) is 22.6. The number of rotatable bonds is 8. The molecule has 0 bridgehead atoms. The molecule has 6 heteroatoms. The maximum absolute atomic E-state index is 14.3. The Balaban J connectivity index is 1.94. The van der Waals surface area contributed by atoms with E-state index < -0.39 is 11.7 Å². The molecule has 0 aliphatic heterocycles. The van der Waals surface area contributed by atoms with Crippen LogP contribution in [0.15, 0.2) is 42.5 Å². The summed E-state index contributed by atoms with van der Waals surface area (Å²) >= 11 is 0. The molecule has 1 atom stereocenters. The minimum Gasteiger partial charge on any atom is -0.350 e. The van der Waals surface area contributed by atoms with Crippen LogP contribution in [0.2, 0.25) is 0 Å². The number of carbonyl (C=O) groups excluding carboxylic acids is 2. The van der Waals surface area contributed by atoms with Crippen molar-refractivity contribution in [2.75, 3.05) is 11.9 Å². The van der Waals surface area contributed by atoms with Crippen molar-refractivity contribution in [2.45, 2.75) is 46.1 Å². The van der Waals surface area contributed by atoms with Crippen LogP contribution < -0.4 is 16.4 Å². The average molecular weight is 400 g/mol. The molecule has 0 fully saturated rings. The van der Waals surface area contributed by atoms with Gasteiger partial charge in [0.25, 0.3) is 5.91 Å². The van der Waals surface area contributed by atoms with Crippen LogP contribution >= 0.6 is 0 Å². The van der Waals surface area contributed by atoms with E-state index in [1.165, 1.54) is 17.7 Å². The topological polar surface area (TPSA) is 84.2 Å². The van der Waals surface area contributed by atoms with Crippen molar-refractivity contribution in [1.29, 1.82) is 0 Å². The van der Waals surface area contributed by atoms with Gasteiger partial charge >= 0.3 is 0 Å².